The zero-order chi connectivity index (χ0) is 28.7. The van der Waals surface area contributed by atoms with Crippen molar-refractivity contribution in [3.05, 3.63) is 58.6 Å². The van der Waals surface area contributed by atoms with Gasteiger partial charge >= 0.3 is 12.3 Å². The highest BCUT2D eigenvalue weighted by Gasteiger charge is 2.47. The van der Waals surface area contributed by atoms with Gasteiger partial charge in [0, 0.05) is 26.9 Å². The maximum Gasteiger partial charge on any atom is 0.416 e. The maximum atomic E-state index is 12.7. The molecular formula is C25H28ClF3N4O6. The molecule has 1 heterocycles. The number of ether oxygens (including phenoxy) is 5. The number of carbonyl (C=O) groups excluding carboxylic acids is 1. The fourth-order valence-corrected chi connectivity index (χ4v) is 4.12. The van der Waals surface area contributed by atoms with E-state index in [9.17, 15) is 18.0 Å². The summed E-state index contributed by atoms with van der Waals surface area (Å²) >= 11 is 6.28. The number of nitrogens with two attached hydrogens (primary N) is 1. The number of amides is 1. The van der Waals surface area contributed by atoms with E-state index in [1.807, 2.05) is 0 Å². The lowest BCUT2D eigenvalue weighted by molar-refractivity contribution is -0.288. The van der Waals surface area contributed by atoms with Gasteiger partial charge < -0.3 is 29.4 Å². The van der Waals surface area contributed by atoms with Crippen LogP contribution in [0.25, 0.3) is 0 Å². The van der Waals surface area contributed by atoms with Crippen molar-refractivity contribution < 1.29 is 41.7 Å². The lowest BCUT2D eigenvalue weighted by Crippen LogP contribution is -2.59. The second-order valence-corrected chi connectivity index (χ2v) is 8.75. The van der Waals surface area contributed by atoms with Crippen LogP contribution >= 0.6 is 11.6 Å². The molecule has 1 aliphatic rings. The molecule has 1 fully saturated rings. The van der Waals surface area contributed by atoms with Gasteiger partial charge in [0.05, 0.1) is 28.1 Å². The average Bonchev–Trinajstić information content (AvgIpc) is 2.89. The highest BCUT2D eigenvalue weighted by Crippen LogP contribution is 2.31. The smallest absolute Gasteiger partial charge is 0.416 e. The minimum atomic E-state index is -4.45. The number of nitrogens with one attached hydrogen (secondary N) is 1. The molecule has 39 heavy (non-hydrogen) atoms. The SMILES string of the molecule is CO[C@@H]1[C@@H](OC)[C@H](C)O[C@H](OC(=O)Nc2ccc(N=CN=C(N)c3ccc(C(F)(F)F)cc3)cc2Cl)[C@@H]1OC. The molecule has 0 saturated carbocycles. The third kappa shape index (κ3) is 7.67. The summed E-state index contributed by atoms with van der Waals surface area (Å²) in [5.41, 5.74) is 5.94. The third-order valence-corrected chi connectivity index (χ3v) is 6.18. The number of hydrogen-bond donors (Lipinski definition) is 2. The maximum absolute atomic E-state index is 12.7. The van der Waals surface area contributed by atoms with E-state index in [0.29, 0.717) is 11.3 Å². The van der Waals surface area contributed by atoms with Crippen molar-refractivity contribution in [3.63, 3.8) is 0 Å². The number of methoxy groups -OCH3 is 3. The zero-order valence-electron chi connectivity index (χ0n) is 21.4. The predicted octanol–water partition coefficient (Wildman–Crippen LogP) is 4.76. The lowest BCUT2D eigenvalue weighted by atomic mass is 9.99. The number of nitrogens with zero attached hydrogens (tertiary/aromatic N) is 2. The van der Waals surface area contributed by atoms with Crippen molar-refractivity contribution in [2.75, 3.05) is 26.6 Å². The van der Waals surface area contributed by atoms with E-state index in [1.165, 1.54) is 45.6 Å². The first-order valence-corrected chi connectivity index (χ1v) is 11.9. The second-order valence-electron chi connectivity index (χ2n) is 8.34. The fourth-order valence-electron chi connectivity index (χ4n) is 3.90. The van der Waals surface area contributed by atoms with E-state index in [4.69, 9.17) is 41.0 Å². The quantitative estimate of drug-likeness (QED) is 0.345. The van der Waals surface area contributed by atoms with Crippen LogP contribution < -0.4 is 11.1 Å². The molecule has 5 atom stereocenters. The van der Waals surface area contributed by atoms with Crippen LogP contribution in [0.15, 0.2) is 52.4 Å². The number of rotatable bonds is 8. The van der Waals surface area contributed by atoms with Crippen LogP contribution in [0.2, 0.25) is 5.02 Å². The second kappa shape index (κ2) is 13.2. The molecule has 0 bridgehead atoms. The zero-order valence-corrected chi connectivity index (χ0v) is 22.2. The minimum Gasteiger partial charge on any atom is -0.416 e. The van der Waals surface area contributed by atoms with Crippen LogP contribution in [-0.4, -0.2) is 70.3 Å². The first-order chi connectivity index (χ1) is 18.5. The van der Waals surface area contributed by atoms with Crippen molar-refractivity contribution in [2.45, 2.75) is 43.8 Å². The molecular weight excluding hydrogens is 545 g/mol. The van der Waals surface area contributed by atoms with Crippen LogP contribution in [-0.2, 0) is 29.9 Å². The Morgan fingerprint density at radius 3 is 2.26 bits per heavy atom. The molecule has 0 spiro atoms. The van der Waals surface area contributed by atoms with Crippen molar-refractivity contribution >= 4 is 41.2 Å². The number of anilines is 1. The first-order valence-electron chi connectivity index (χ1n) is 11.5. The number of aliphatic imine (C=N–C) groups is 2. The summed E-state index contributed by atoms with van der Waals surface area (Å²) in [6, 6.07) is 8.75. The molecule has 2 aromatic carbocycles. The van der Waals surface area contributed by atoms with Gasteiger partial charge in [-0.25, -0.2) is 14.8 Å². The van der Waals surface area contributed by atoms with Crippen LogP contribution in [0.1, 0.15) is 18.1 Å². The number of hydrogen-bond acceptors (Lipinski definition) is 7. The van der Waals surface area contributed by atoms with Crippen LogP contribution in [0, 0.1) is 0 Å². The summed E-state index contributed by atoms with van der Waals surface area (Å²) < 4.78 is 65.6. The normalized spacial score (nSPS) is 24.1. The van der Waals surface area contributed by atoms with E-state index in [1.54, 1.807) is 13.0 Å². The summed E-state index contributed by atoms with van der Waals surface area (Å²) in [7, 11) is 4.46. The summed E-state index contributed by atoms with van der Waals surface area (Å²) in [5.74, 6) is -0.0271. The molecule has 0 aliphatic carbocycles. The van der Waals surface area contributed by atoms with Gasteiger partial charge in [-0.3, -0.25) is 5.32 Å². The van der Waals surface area contributed by atoms with Gasteiger partial charge in [-0.1, -0.05) is 23.7 Å². The molecule has 1 amide bonds. The van der Waals surface area contributed by atoms with Gasteiger partial charge in [-0.2, -0.15) is 13.2 Å². The highest BCUT2D eigenvalue weighted by molar-refractivity contribution is 6.33. The van der Waals surface area contributed by atoms with E-state index >= 15 is 0 Å². The molecule has 2 aromatic rings. The van der Waals surface area contributed by atoms with E-state index in [2.05, 4.69) is 15.3 Å². The van der Waals surface area contributed by atoms with Crippen molar-refractivity contribution in [1.82, 2.24) is 0 Å². The van der Waals surface area contributed by atoms with Crippen molar-refractivity contribution in [2.24, 2.45) is 15.7 Å². The molecule has 212 valence electrons. The molecule has 0 radical (unpaired) electrons. The van der Waals surface area contributed by atoms with Gasteiger partial charge in [0.2, 0.25) is 6.29 Å². The number of carbonyl (C=O) groups is 1. The number of halogens is 4. The van der Waals surface area contributed by atoms with Crippen molar-refractivity contribution in [1.29, 1.82) is 0 Å². The highest BCUT2D eigenvalue weighted by atomic mass is 35.5. The van der Waals surface area contributed by atoms with Crippen LogP contribution in [0.5, 0.6) is 0 Å². The minimum absolute atomic E-state index is 0.0271. The van der Waals surface area contributed by atoms with Gasteiger partial charge in [0.1, 0.15) is 30.5 Å². The summed E-state index contributed by atoms with van der Waals surface area (Å²) in [6.07, 6.45) is -7.39. The van der Waals surface area contributed by atoms with Crippen LogP contribution in [0.3, 0.4) is 0 Å². The van der Waals surface area contributed by atoms with Gasteiger partial charge in [0.25, 0.3) is 0 Å². The van der Waals surface area contributed by atoms with Gasteiger partial charge in [0.15, 0.2) is 0 Å². The molecule has 0 unspecified atom stereocenters. The third-order valence-electron chi connectivity index (χ3n) is 5.87. The average molecular weight is 573 g/mol. The Labute approximate surface area is 227 Å². The van der Waals surface area contributed by atoms with Gasteiger partial charge in [-0.15, -0.1) is 0 Å². The molecule has 10 nitrogen and oxygen atoms in total. The van der Waals surface area contributed by atoms with E-state index in [-0.39, 0.29) is 16.5 Å². The standard InChI is InChI=1S/C25H28ClF3N4O6/c1-13-19(35-2)20(36-3)21(37-4)23(38-13)39-24(34)33-18-10-9-16(11-17(18)26)31-12-32-22(30)14-5-7-15(8-6-14)25(27,28)29/h5-13,19-21,23H,1-4H3,(H,33,34)(H2,30,31,32)/t13-,19-,20+,21+,23+/m0/s1. The Morgan fingerprint density at radius 1 is 1.05 bits per heavy atom. The van der Waals surface area contributed by atoms with E-state index < -0.39 is 48.5 Å². The Hall–Kier alpha value is -3.23. The molecule has 14 heteroatoms. The molecule has 3 rings (SSSR count). The number of benzene rings is 2. The number of alkyl halides is 3. The molecule has 0 aromatic heterocycles. The topological polar surface area (TPSA) is 126 Å². The first kappa shape index (κ1) is 30.3. The Balaban J connectivity index is 1.62. The van der Waals surface area contributed by atoms with E-state index in [0.717, 1.165) is 18.5 Å². The fraction of sp³-hybridized carbons (Fsp3) is 0.400. The largest absolute Gasteiger partial charge is 0.416 e. The number of amidine groups is 1. The summed E-state index contributed by atoms with van der Waals surface area (Å²) in [4.78, 5) is 20.6. The van der Waals surface area contributed by atoms with Crippen LogP contribution in [0.4, 0.5) is 29.3 Å². The lowest BCUT2D eigenvalue weighted by Gasteiger charge is -2.43. The van der Waals surface area contributed by atoms with Gasteiger partial charge in [-0.05, 0) is 37.3 Å². The molecule has 1 aliphatic heterocycles. The Morgan fingerprint density at radius 2 is 1.69 bits per heavy atom. The molecule has 3 N–H and O–H groups in total. The molecule has 1 saturated heterocycles. The Kier molecular flexibility index (Phi) is 10.3. The summed E-state index contributed by atoms with van der Waals surface area (Å²) in [6.45, 7) is 1.76. The predicted molar refractivity (Wildman–Crippen MR) is 139 cm³/mol. The summed E-state index contributed by atoms with van der Waals surface area (Å²) in [5, 5.41) is 2.68. The van der Waals surface area contributed by atoms with Crippen molar-refractivity contribution in [3.8, 4) is 0 Å². The monoisotopic (exact) mass is 572 g/mol. The Bertz CT molecular complexity index is 1200.